The lowest BCUT2D eigenvalue weighted by atomic mass is 10.2. The van der Waals surface area contributed by atoms with Crippen molar-refractivity contribution in [3.8, 4) is 5.75 Å². The number of guanidine groups is 1. The van der Waals surface area contributed by atoms with Crippen LogP contribution < -0.4 is 15.4 Å². The maximum atomic E-state index is 12.0. The molecule has 1 aromatic carbocycles. The first-order valence-corrected chi connectivity index (χ1v) is 8.60. The van der Waals surface area contributed by atoms with Gasteiger partial charge in [-0.25, -0.2) is 4.99 Å². The third-order valence-electron chi connectivity index (χ3n) is 3.62. The monoisotopic (exact) mass is 474 g/mol. The number of halogens is 1. The van der Waals surface area contributed by atoms with E-state index >= 15 is 0 Å². The van der Waals surface area contributed by atoms with Crippen LogP contribution in [0.15, 0.2) is 41.9 Å². The molecule has 0 radical (unpaired) electrons. The number of methoxy groups -OCH3 is 1. The minimum Gasteiger partial charge on any atom is -0.497 e. The number of hydrogen-bond acceptors (Lipinski definition) is 3. The van der Waals surface area contributed by atoms with Gasteiger partial charge in [0, 0.05) is 26.7 Å². The molecule has 0 saturated heterocycles. The van der Waals surface area contributed by atoms with Crippen LogP contribution in [0.1, 0.15) is 25.3 Å². The Balaban J connectivity index is 0.00000625. The first-order valence-electron chi connectivity index (χ1n) is 8.60. The van der Waals surface area contributed by atoms with E-state index in [2.05, 4.69) is 22.2 Å². The van der Waals surface area contributed by atoms with E-state index in [1.54, 1.807) is 7.11 Å². The quantitative estimate of drug-likeness (QED) is 0.180. The largest absolute Gasteiger partial charge is 0.497 e. The number of unbranched alkanes of at least 4 members (excludes halogenated alkanes) is 1. The Labute approximate surface area is 174 Å². The molecule has 0 aliphatic carbocycles. The van der Waals surface area contributed by atoms with Crippen LogP contribution in [-0.2, 0) is 11.3 Å². The predicted molar refractivity (Wildman–Crippen MR) is 118 cm³/mol. The van der Waals surface area contributed by atoms with E-state index in [-0.39, 0.29) is 36.4 Å². The van der Waals surface area contributed by atoms with Gasteiger partial charge in [0.25, 0.3) is 0 Å². The summed E-state index contributed by atoms with van der Waals surface area (Å²) in [6, 6.07) is 7.61. The summed E-state index contributed by atoms with van der Waals surface area (Å²) in [7, 11) is 3.60. The second-order valence-electron chi connectivity index (χ2n) is 5.65. The molecule has 146 valence electrons. The van der Waals surface area contributed by atoms with Crippen molar-refractivity contribution in [1.82, 2.24) is 15.5 Å². The SMILES string of the molecule is C=CCCCN(C)C(=NCC(=O)NCc1ccc(OC)cc1)NCC.I. The summed E-state index contributed by atoms with van der Waals surface area (Å²) < 4.78 is 5.12. The van der Waals surface area contributed by atoms with Crippen LogP contribution in [0.5, 0.6) is 5.75 Å². The lowest BCUT2D eigenvalue weighted by Gasteiger charge is -2.21. The Kier molecular flexibility index (Phi) is 13.4. The molecule has 0 unspecified atom stereocenters. The van der Waals surface area contributed by atoms with Gasteiger partial charge in [0.05, 0.1) is 7.11 Å². The number of allylic oxidation sites excluding steroid dienone is 1. The van der Waals surface area contributed by atoms with E-state index in [4.69, 9.17) is 4.74 Å². The highest BCUT2D eigenvalue weighted by Crippen LogP contribution is 2.10. The van der Waals surface area contributed by atoms with Crippen LogP contribution >= 0.6 is 24.0 Å². The summed E-state index contributed by atoms with van der Waals surface area (Å²) in [6.07, 6.45) is 3.88. The number of aliphatic imine (C=N–C) groups is 1. The van der Waals surface area contributed by atoms with Crippen LogP contribution in [0.25, 0.3) is 0 Å². The fourth-order valence-electron chi connectivity index (χ4n) is 2.20. The lowest BCUT2D eigenvalue weighted by Crippen LogP contribution is -2.40. The van der Waals surface area contributed by atoms with Gasteiger partial charge in [0.1, 0.15) is 12.3 Å². The maximum Gasteiger partial charge on any atom is 0.242 e. The van der Waals surface area contributed by atoms with Crippen LogP contribution in [0.4, 0.5) is 0 Å². The lowest BCUT2D eigenvalue weighted by molar-refractivity contribution is -0.119. The summed E-state index contributed by atoms with van der Waals surface area (Å²) in [6.45, 7) is 7.95. The van der Waals surface area contributed by atoms with Crippen molar-refractivity contribution in [3.05, 3.63) is 42.5 Å². The zero-order valence-electron chi connectivity index (χ0n) is 16.0. The number of rotatable bonds is 10. The molecule has 0 spiro atoms. The predicted octanol–water partition coefficient (Wildman–Crippen LogP) is 2.79. The summed E-state index contributed by atoms with van der Waals surface area (Å²) in [5, 5.41) is 6.09. The van der Waals surface area contributed by atoms with E-state index in [1.165, 1.54) is 0 Å². The zero-order valence-corrected chi connectivity index (χ0v) is 18.3. The standard InChI is InChI=1S/C19H30N4O2.HI/c1-5-7-8-13-23(3)19(20-6-2)22-15-18(24)21-14-16-9-11-17(25-4)12-10-16;/h5,9-12H,1,6-8,13-15H2,2-4H3,(H,20,22)(H,21,24);1H. The summed E-state index contributed by atoms with van der Waals surface area (Å²) in [5.41, 5.74) is 1.02. The third-order valence-corrected chi connectivity index (χ3v) is 3.62. The summed E-state index contributed by atoms with van der Waals surface area (Å²) in [4.78, 5) is 18.5. The summed E-state index contributed by atoms with van der Waals surface area (Å²) >= 11 is 0. The van der Waals surface area contributed by atoms with Crippen LogP contribution in [-0.4, -0.2) is 50.6 Å². The minimum atomic E-state index is -0.106. The number of ether oxygens (including phenoxy) is 1. The topological polar surface area (TPSA) is 66.0 Å². The van der Waals surface area contributed by atoms with Crippen LogP contribution in [0.2, 0.25) is 0 Å². The molecule has 0 fully saturated rings. The Hall–Kier alpha value is -1.77. The first-order chi connectivity index (χ1) is 12.1. The fraction of sp³-hybridized carbons (Fsp3) is 0.474. The Morgan fingerprint density at radius 3 is 2.58 bits per heavy atom. The average Bonchev–Trinajstić information content (AvgIpc) is 2.63. The van der Waals surface area contributed by atoms with Crippen molar-refractivity contribution in [2.45, 2.75) is 26.3 Å². The van der Waals surface area contributed by atoms with Gasteiger partial charge in [-0.05, 0) is 37.5 Å². The molecule has 7 heteroatoms. The van der Waals surface area contributed by atoms with Gasteiger partial charge in [-0.2, -0.15) is 0 Å². The van der Waals surface area contributed by atoms with Gasteiger partial charge in [-0.3, -0.25) is 4.79 Å². The Morgan fingerprint density at radius 2 is 2.00 bits per heavy atom. The van der Waals surface area contributed by atoms with Crippen molar-refractivity contribution < 1.29 is 9.53 Å². The number of nitrogens with one attached hydrogen (secondary N) is 2. The third kappa shape index (κ3) is 9.65. The molecule has 6 nitrogen and oxygen atoms in total. The fourth-order valence-corrected chi connectivity index (χ4v) is 2.20. The molecule has 0 heterocycles. The van der Waals surface area contributed by atoms with E-state index in [9.17, 15) is 4.79 Å². The molecule has 1 rings (SSSR count). The molecule has 1 aromatic rings. The number of hydrogen-bond donors (Lipinski definition) is 2. The molecule has 0 saturated carbocycles. The zero-order chi connectivity index (χ0) is 18.5. The normalized spacial score (nSPS) is 10.5. The molecule has 2 N–H and O–H groups in total. The average molecular weight is 474 g/mol. The molecule has 0 atom stereocenters. The van der Waals surface area contributed by atoms with Gasteiger partial charge in [-0.15, -0.1) is 30.6 Å². The second kappa shape index (κ2) is 14.4. The molecule has 1 amide bonds. The molecule has 0 aromatic heterocycles. The molecule has 0 aliphatic heterocycles. The number of benzene rings is 1. The van der Waals surface area contributed by atoms with E-state index in [0.717, 1.165) is 43.2 Å². The highest BCUT2D eigenvalue weighted by Gasteiger charge is 2.07. The minimum absolute atomic E-state index is 0. The van der Waals surface area contributed by atoms with Gasteiger partial charge in [0.15, 0.2) is 5.96 Å². The second-order valence-corrected chi connectivity index (χ2v) is 5.65. The smallest absolute Gasteiger partial charge is 0.242 e. The van der Waals surface area contributed by atoms with Gasteiger partial charge < -0.3 is 20.3 Å². The van der Waals surface area contributed by atoms with E-state index in [0.29, 0.717) is 6.54 Å². The number of nitrogens with zero attached hydrogens (tertiary/aromatic N) is 2. The highest BCUT2D eigenvalue weighted by molar-refractivity contribution is 14.0. The maximum absolute atomic E-state index is 12.0. The number of carbonyl (C=O) groups excluding carboxylic acids is 1. The van der Waals surface area contributed by atoms with Crippen molar-refractivity contribution >= 4 is 35.8 Å². The van der Waals surface area contributed by atoms with Crippen LogP contribution in [0.3, 0.4) is 0 Å². The Bertz CT molecular complexity index is 561. The summed E-state index contributed by atoms with van der Waals surface area (Å²) in [5.74, 6) is 1.44. The molecule has 26 heavy (non-hydrogen) atoms. The van der Waals surface area contributed by atoms with Crippen molar-refractivity contribution in [3.63, 3.8) is 0 Å². The molecule has 0 aliphatic rings. The molecular weight excluding hydrogens is 443 g/mol. The number of carbonyl (C=O) groups is 1. The highest BCUT2D eigenvalue weighted by atomic mass is 127. The van der Waals surface area contributed by atoms with Crippen molar-refractivity contribution in [2.75, 3.05) is 33.8 Å². The van der Waals surface area contributed by atoms with E-state index in [1.807, 2.05) is 49.2 Å². The number of amides is 1. The molecular formula is C19H31IN4O2. The first kappa shape index (κ1) is 24.2. The van der Waals surface area contributed by atoms with Crippen molar-refractivity contribution in [1.29, 1.82) is 0 Å². The van der Waals surface area contributed by atoms with Crippen molar-refractivity contribution in [2.24, 2.45) is 4.99 Å². The van der Waals surface area contributed by atoms with Gasteiger partial charge in [-0.1, -0.05) is 18.2 Å². The van der Waals surface area contributed by atoms with Gasteiger partial charge in [0.2, 0.25) is 5.91 Å². The Morgan fingerprint density at radius 1 is 1.31 bits per heavy atom. The van der Waals surface area contributed by atoms with Gasteiger partial charge >= 0.3 is 0 Å². The van der Waals surface area contributed by atoms with E-state index < -0.39 is 0 Å². The molecule has 0 bridgehead atoms. The van der Waals surface area contributed by atoms with Crippen LogP contribution in [0, 0.1) is 0 Å².